The topological polar surface area (TPSA) is 94.0 Å². The molecule has 2 amide bonds. The number of nitrogens with one attached hydrogen (secondary N) is 2. The molecule has 0 heterocycles. The van der Waals surface area contributed by atoms with Crippen LogP contribution >= 0.6 is 15.9 Å². The molecule has 3 aromatic carbocycles. The van der Waals surface area contributed by atoms with Crippen LogP contribution in [-0.2, 0) is 0 Å². The average Bonchev–Trinajstić information content (AvgIpc) is 2.72. The number of phenolic OH excluding ortho intramolecular Hbond substituents is 2. The lowest BCUT2D eigenvalue weighted by Gasteiger charge is -2.07. The second-order valence-corrected chi connectivity index (χ2v) is 6.89. The van der Waals surface area contributed by atoms with Gasteiger partial charge in [0, 0.05) is 21.3 Å². The van der Waals surface area contributed by atoms with Crippen LogP contribution in [0.1, 0.15) is 11.1 Å². The molecule has 6 nitrogen and oxygen atoms in total. The zero-order chi connectivity index (χ0) is 20.6. The normalized spacial score (nSPS) is 11.4. The van der Waals surface area contributed by atoms with Crippen LogP contribution in [0.15, 0.2) is 88.4 Å². The molecule has 0 aliphatic heterocycles. The molecule has 29 heavy (non-hydrogen) atoms. The van der Waals surface area contributed by atoms with Gasteiger partial charge in [0.1, 0.15) is 11.5 Å². The number of halogens is 1. The number of carbonyl (C=O) groups excluding carboxylic acids is 1. The number of hydrogen-bond acceptors (Lipinski definition) is 4. The van der Waals surface area contributed by atoms with Crippen LogP contribution < -0.4 is 10.7 Å². The molecule has 0 aliphatic carbocycles. The number of hydrazone groups is 1. The molecule has 146 valence electrons. The molecule has 7 heteroatoms. The van der Waals surface area contributed by atoms with E-state index in [0.29, 0.717) is 22.5 Å². The second kappa shape index (κ2) is 9.57. The molecule has 0 saturated heterocycles. The molecule has 0 aliphatic rings. The third kappa shape index (κ3) is 5.70. The highest BCUT2D eigenvalue weighted by Crippen LogP contribution is 2.20. The second-order valence-electron chi connectivity index (χ2n) is 5.98. The van der Waals surface area contributed by atoms with Gasteiger partial charge in [0.25, 0.3) is 0 Å². The van der Waals surface area contributed by atoms with Gasteiger partial charge in [-0.1, -0.05) is 46.3 Å². The van der Waals surface area contributed by atoms with Gasteiger partial charge in [0.15, 0.2) is 0 Å². The predicted molar refractivity (Wildman–Crippen MR) is 118 cm³/mol. The van der Waals surface area contributed by atoms with Crippen LogP contribution in [0.2, 0.25) is 0 Å². The fraction of sp³-hybridized carbons (Fsp3) is 0. The Morgan fingerprint density at radius 1 is 0.897 bits per heavy atom. The van der Waals surface area contributed by atoms with Crippen LogP contribution in [0.3, 0.4) is 0 Å². The summed E-state index contributed by atoms with van der Waals surface area (Å²) in [6.07, 6.45) is 3.25. The van der Waals surface area contributed by atoms with E-state index in [2.05, 4.69) is 31.8 Å². The lowest BCUT2D eigenvalue weighted by atomic mass is 10.1. The molecule has 0 spiro atoms. The minimum absolute atomic E-state index is 0.0169. The zero-order valence-electron chi connectivity index (χ0n) is 15.2. The Bertz CT molecular complexity index is 1060. The third-order valence-electron chi connectivity index (χ3n) is 3.92. The number of hydrogen-bond donors (Lipinski definition) is 4. The number of phenols is 2. The molecule has 0 fully saturated rings. The SMILES string of the molecule is O=C(N/N=C(\C=C\c1ccccc1O)c1ccccc1O)Nc1ccc(Br)cc1. The Labute approximate surface area is 176 Å². The van der Waals surface area contributed by atoms with E-state index in [9.17, 15) is 15.0 Å². The van der Waals surface area contributed by atoms with Gasteiger partial charge in [-0.15, -0.1) is 0 Å². The molecule has 0 saturated carbocycles. The Morgan fingerprint density at radius 3 is 2.24 bits per heavy atom. The van der Waals surface area contributed by atoms with E-state index in [4.69, 9.17) is 0 Å². The van der Waals surface area contributed by atoms with Crippen molar-refractivity contribution in [2.45, 2.75) is 0 Å². The number of urea groups is 1. The molecule has 0 radical (unpaired) electrons. The molecule has 0 aromatic heterocycles. The van der Waals surface area contributed by atoms with Gasteiger partial charge in [0.2, 0.25) is 0 Å². The molecular weight excluding hydrogens is 434 g/mol. The fourth-order valence-corrected chi connectivity index (χ4v) is 2.74. The van der Waals surface area contributed by atoms with E-state index in [1.165, 1.54) is 6.07 Å². The zero-order valence-corrected chi connectivity index (χ0v) is 16.8. The third-order valence-corrected chi connectivity index (χ3v) is 4.45. The lowest BCUT2D eigenvalue weighted by Crippen LogP contribution is -2.25. The van der Waals surface area contributed by atoms with Crippen molar-refractivity contribution in [3.63, 3.8) is 0 Å². The first kappa shape index (κ1) is 20.2. The monoisotopic (exact) mass is 451 g/mol. The van der Waals surface area contributed by atoms with Gasteiger partial charge >= 0.3 is 6.03 Å². The minimum atomic E-state index is -0.531. The number of allylic oxidation sites excluding steroid dienone is 1. The summed E-state index contributed by atoms with van der Waals surface area (Å²) in [7, 11) is 0. The average molecular weight is 452 g/mol. The smallest absolute Gasteiger partial charge is 0.339 e. The molecule has 3 rings (SSSR count). The van der Waals surface area contributed by atoms with E-state index >= 15 is 0 Å². The van der Waals surface area contributed by atoms with E-state index in [1.807, 2.05) is 0 Å². The highest BCUT2D eigenvalue weighted by Gasteiger charge is 2.08. The highest BCUT2D eigenvalue weighted by molar-refractivity contribution is 9.10. The molecule has 4 N–H and O–H groups in total. The van der Waals surface area contributed by atoms with Crippen LogP contribution in [0.5, 0.6) is 11.5 Å². The van der Waals surface area contributed by atoms with E-state index in [-0.39, 0.29) is 11.5 Å². The summed E-state index contributed by atoms with van der Waals surface area (Å²) in [5.74, 6) is 0.129. The Hall–Kier alpha value is -3.58. The first-order valence-corrected chi connectivity index (χ1v) is 9.47. The Balaban J connectivity index is 1.82. The first-order chi connectivity index (χ1) is 14.0. The summed E-state index contributed by atoms with van der Waals surface area (Å²) < 4.78 is 0.901. The maximum Gasteiger partial charge on any atom is 0.339 e. The van der Waals surface area contributed by atoms with E-state index in [0.717, 1.165) is 4.47 Å². The van der Waals surface area contributed by atoms with E-state index < -0.39 is 6.03 Å². The van der Waals surface area contributed by atoms with Gasteiger partial charge in [-0.25, -0.2) is 10.2 Å². The first-order valence-electron chi connectivity index (χ1n) is 8.67. The van der Waals surface area contributed by atoms with Crippen LogP contribution in [0.4, 0.5) is 10.5 Å². The number of rotatable bonds is 5. The fourth-order valence-electron chi connectivity index (χ4n) is 2.48. The van der Waals surface area contributed by atoms with Gasteiger partial charge < -0.3 is 15.5 Å². The van der Waals surface area contributed by atoms with Gasteiger partial charge in [-0.2, -0.15) is 5.10 Å². The van der Waals surface area contributed by atoms with Crippen molar-refractivity contribution < 1.29 is 15.0 Å². The number of aromatic hydroxyl groups is 2. The summed E-state index contributed by atoms with van der Waals surface area (Å²) in [5, 5.41) is 26.9. The predicted octanol–water partition coefficient (Wildman–Crippen LogP) is 5.10. The maximum absolute atomic E-state index is 12.2. The number of para-hydroxylation sites is 2. The summed E-state index contributed by atoms with van der Waals surface area (Å²) in [6.45, 7) is 0. The molecular formula is C22H18BrN3O3. The van der Waals surface area contributed by atoms with Crippen LogP contribution in [-0.4, -0.2) is 22.0 Å². The number of carbonyl (C=O) groups is 1. The highest BCUT2D eigenvalue weighted by atomic mass is 79.9. The van der Waals surface area contributed by atoms with Crippen molar-refractivity contribution in [1.29, 1.82) is 0 Å². The summed E-state index contributed by atoms with van der Waals surface area (Å²) in [4.78, 5) is 12.2. The summed E-state index contributed by atoms with van der Waals surface area (Å²) in [6, 6.07) is 20.0. The summed E-state index contributed by atoms with van der Waals surface area (Å²) >= 11 is 3.34. The quantitative estimate of drug-likeness (QED) is 0.321. The van der Waals surface area contributed by atoms with Gasteiger partial charge in [-0.05, 0) is 54.6 Å². The summed E-state index contributed by atoms with van der Waals surface area (Å²) in [5.41, 5.74) is 4.36. The molecule has 0 unspecified atom stereocenters. The molecule has 3 aromatic rings. The van der Waals surface area contributed by atoms with Crippen molar-refractivity contribution in [2.24, 2.45) is 5.10 Å². The Morgan fingerprint density at radius 2 is 1.55 bits per heavy atom. The minimum Gasteiger partial charge on any atom is -0.507 e. The van der Waals surface area contributed by atoms with Crippen molar-refractivity contribution in [2.75, 3.05) is 5.32 Å². The molecule has 0 bridgehead atoms. The number of benzene rings is 3. The van der Waals surface area contributed by atoms with Crippen molar-refractivity contribution in [3.8, 4) is 11.5 Å². The van der Waals surface area contributed by atoms with E-state index in [1.54, 1.807) is 78.9 Å². The molecule has 0 atom stereocenters. The maximum atomic E-state index is 12.2. The number of nitrogens with zero attached hydrogens (tertiary/aromatic N) is 1. The van der Waals surface area contributed by atoms with Crippen LogP contribution in [0.25, 0.3) is 6.08 Å². The Kier molecular flexibility index (Phi) is 6.65. The largest absolute Gasteiger partial charge is 0.507 e. The van der Waals surface area contributed by atoms with Gasteiger partial charge in [0.05, 0.1) is 5.71 Å². The number of anilines is 1. The standard InChI is InChI=1S/C22H18BrN3O3/c23-16-10-12-17(13-11-16)24-22(29)26-25-19(18-6-2-4-8-21(18)28)14-9-15-5-1-3-7-20(15)27/h1-14,27-28H,(H2,24,26,29)/b14-9+,25-19+. The van der Waals surface area contributed by atoms with Crippen molar-refractivity contribution in [1.82, 2.24) is 5.43 Å². The van der Waals surface area contributed by atoms with Crippen LogP contribution in [0, 0.1) is 0 Å². The number of amides is 2. The van der Waals surface area contributed by atoms with Crippen molar-refractivity contribution in [3.05, 3.63) is 94.5 Å². The van der Waals surface area contributed by atoms with Crippen molar-refractivity contribution >= 4 is 39.4 Å². The lowest BCUT2D eigenvalue weighted by molar-refractivity contribution is 0.252. The van der Waals surface area contributed by atoms with Gasteiger partial charge in [-0.3, -0.25) is 0 Å².